The van der Waals surface area contributed by atoms with Crippen LogP contribution < -0.4 is 0 Å². The molecule has 0 bridgehead atoms. The zero-order valence-electron chi connectivity index (χ0n) is 2.03. The van der Waals surface area contributed by atoms with Crippen molar-refractivity contribution in [2.24, 2.45) is 0 Å². The molecular weight excluding hydrogens is 433 g/mol. The molecule has 0 saturated heterocycles. The van der Waals surface area contributed by atoms with E-state index in [2.05, 4.69) is 0 Å². The van der Waals surface area contributed by atoms with Gasteiger partial charge in [0.1, 0.15) is 0 Å². The fraction of sp³-hybridized carbons (Fsp3) is 0. The van der Waals surface area contributed by atoms with E-state index >= 15 is 0 Å². The molecule has 0 amide bonds. The van der Waals surface area contributed by atoms with Crippen LogP contribution in [0.25, 0.3) is 0 Å². The molecule has 1 radical (unpaired) electrons. The average Bonchev–Trinajstić information content (AvgIpc) is 0. The van der Waals surface area contributed by atoms with Crippen molar-refractivity contribution in [3.05, 3.63) is 0 Å². The maximum atomic E-state index is 0. The van der Waals surface area contributed by atoms with E-state index < -0.39 is 0 Å². The molecule has 0 aliphatic carbocycles. The molecule has 0 aliphatic heterocycles. The van der Waals surface area contributed by atoms with Gasteiger partial charge in [-0.25, -0.2) is 0 Å². The normalized spacial score (nSPS) is 0. The van der Waals surface area contributed by atoms with Crippen molar-refractivity contribution in [2.45, 2.75) is 0 Å². The summed E-state index contributed by atoms with van der Waals surface area (Å²) in [4.78, 5) is 0. The van der Waals surface area contributed by atoms with Gasteiger partial charge >= 0.3 is 64.1 Å². The van der Waals surface area contributed by atoms with Gasteiger partial charge in [0.25, 0.3) is 0 Å². The molecule has 0 unspecified atom stereocenters. The van der Waals surface area contributed by atoms with Crippen LogP contribution in [0.3, 0.4) is 0 Å². The molecule has 0 fully saturated rings. The van der Waals surface area contributed by atoms with Crippen LogP contribution >= 0.6 is 0 Å². The molecule has 5 heteroatoms. The topological polar surface area (TPSA) is 0 Å². The molecule has 0 N–H and O–H groups in total. The Morgan fingerprint density at radius 3 is 0.600 bits per heavy atom. The van der Waals surface area contributed by atoms with Gasteiger partial charge in [0.2, 0.25) is 0 Å². The molecule has 33 valence electrons. The molecule has 0 spiro atoms. The Bertz CT molecular complexity index is 6.85. The van der Waals surface area contributed by atoms with Crippen LogP contribution in [0.1, 0.15) is 0 Å². The van der Waals surface area contributed by atoms with Gasteiger partial charge in [0.15, 0.2) is 0 Å². The second kappa shape index (κ2) is 27.2. The van der Waals surface area contributed by atoms with Crippen LogP contribution in [0.4, 0.5) is 0 Å². The Morgan fingerprint density at radius 2 is 0.600 bits per heavy atom. The molecular formula is AuCeS3. The van der Waals surface area contributed by atoms with Gasteiger partial charge in [-0.3, -0.25) is 0 Å². The van der Waals surface area contributed by atoms with E-state index in [0.29, 0.717) is 0 Å². The maximum Gasteiger partial charge on any atom is 3.00 e. The molecule has 0 nitrogen and oxygen atoms in total. The number of hydrogen-bond donors (Lipinski definition) is 0. The van der Waals surface area contributed by atoms with Crippen LogP contribution in [-0.2, 0) is 62.9 Å². The Hall–Kier alpha value is 3.17. The summed E-state index contributed by atoms with van der Waals surface area (Å²) >= 11 is 0. The van der Waals surface area contributed by atoms with Gasteiger partial charge in [0.05, 0.1) is 0 Å². The van der Waals surface area contributed by atoms with Crippen molar-refractivity contribution < 1.29 is 64.1 Å². The predicted molar refractivity (Wildman–Crippen MR) is 22.1 cm³/mol. The minimum Gasteiger partial charge on any atom is -2.00 e. The summed E-state index contributed by atoms with van der Waals surface area (Å²) in [7, 11) is 0. The summed E-state index contributed by atoms with van der Waals surface area (Å²) in [5.41, 5.74) is 0. The van der Waals surface area contributed by atoms with Crippen molar-refractivity contribution in [3.63, 3.8) is 0 Å². The summed E-state index contributed by atoms with van der Waals surface area (Å²) in [6, 6.07) is 0. The van der Waals surface area contributed by atoms with Gasteiger partial charge in [-0.1, -0.05) is 0 Å². The second-order valence-electron chi connectivity index (χ2n) is 0. The van der Waals surface area contributed by atoms with E-state index in [4.69, 9.17) is 0 Å². The van der Waals surface area contributed by atoms with E-state index in [1.165, 1.54) is 0 Å². The first-order valence-electron chi connectivity index (χ1n) is 0. The third-order valence-electron chi connectivity index (χ3n) is 0. The zero-order chi connectivity index (χ0) is 0. The molecule has 0 heterocycles. The summed E-state index contributed by atoms with van der Waals surface area (Å²) in [6.45, 7) is 0. The van der Waals surface area contributed by atoms with Gasteiger partial charge in [-0.2, -0.15) is 0 Å². The van der Waals surface area contributed by atoms with Crippen LogP contribution in [0.2, 0.25) is 0 Å². The predicted octanol–water partition coefficient (Wildman–Crippen LogP) is -0.00970. The van der Waals surface area contributed by atoms with Crippen LogP contribution in [0.5, 0.6) is 0 Å². The largest absolute Gasteiger partial charge is 3.00 e. The van der Waals surface area contributed by atoms with E-state index in [1.54, 1.807) is 0 Å². The Labute approximate surface area is 102 Å². The van der Waals surface area contributed by atoms with Gasteiger partial charge in [0, 0.05) is 0 Å². The van der Waals surface area contributed by atoms with Gasteiger partial charge in [-0.15, -0.1) is 0 Å². The summed E-state index contributed by atoms with van der Waals surface area (Å²) in [6.07, 6.45) is 0. The molecule has 0 aromatic heterocycles. The van der Waals surface area contributed by atoms with Crippen molar-refractivity contribution in [1.82, 2.24) is 0 Å². The van der Waals surface area contributed by atoms with Crippen molar-refractivity contribution >= 4 is 40.5 Å². The van der Waals surface area contributed by atoms with Crippen molar-refractivity contribution in [1.29, 1.82) is 0 Å². The first kappa shape index (κ1) is 41.8. The van der Waals surface area contributed by atoms with E-state index in [0.717, 1.165) is 0 Å². The van der Waals surface area contributed by atoms with Gasteiger partial charge in [-0.05, 0) is 0 Å². The Kier molecular flexibility index (Phi) is 227. The number of hydrogen-bond acceptors (Lipinski definition) is 0. The fourth-order valence-corrected chi connectivity index (χ4v) is 0. The first-order chi connectivity index (χ1) is 0. The van der Waals surface area contributed by atoms with Crippen LogP contribution in [0, 0.1) is 41.7 Å². The van der Waals surface area contributed by atoms with E-state index in [1.807, 2.05) is 0 Å². The van der Waals surface area contributed by atoms with E-state index in [-0.39, 0.29) is 105 Å². The average molecular weight is 433 g/mol. The van der Waals surface area contributed by atoms with Crippen LogP contribution in [0.15, 0.2) is 0 Å². The summed E-state index contributed by atoms with van der Waals surface area (Å²) in [5.74, 6) is 0. The van der Waals surface area contributed by atoms with Gasteiger partial charge < -0.3 is 40.5 Å². The van der Waals surface area contributed by atoms with E-state index in [9.17, 15) is 0 Å². The Balaban J connectivity index is 0. The fourth-order valence-electron chi connectivity index (χ4n) is 0. The molecule has 0 aromatic rings. The minimum atomic E-state index is 0. The second-order valence-corrected chi connectivity index (χ2v) is 0. The third-order valence-corrected chi connectivity index (χ3v) is 0. The third kappa shape index (κ3) is 19.1. The van der Waals surface area contributed by atoms with Crippen molar-refractivity contribution in [2.75, 3.05) is 0 Å². The quantitative estimate of drug-likeness (QED) is 0.472. The zero-order valence-corrected chi connectivity index (χ0v) is 9.78. The molecule has 5 heavy (non-hydrogen) atoms. The van der Waals surface area contributed by atoms with Crippen LogP contribution in [-0.4, -0.2) is 0 Å². The molecule has 0 saturated carbocycles. The molecule has 0 aromatic carbocycles. The smallest absolute Gasteiger partial charge is 2.00 e. The minimum absolute atomic E-state index is 0. The SMILES string of the molecule is [Au+3].[Ce+3].[S-2].[S-2].[S-2]. The summed E-state index contributed by atoms with van der Waals surface area (Å²) in [5, 5.41) is 0. The number of rotatable bonds is 0. The Morgan fingerprint density at radius 1 is 0.600 bits per heavy atom. The molecule has 0 aliphatic rings. The first-order valence-corrected chi connectivity index (χ1v) is 0. The molecule has 0 rings (SSSR count). The standard InChI is InChI=1S/Au.Ce.3S/q2*+3;3*-2. The molecule has 0 atom stereocenters. The monoisotopic (exact) mass is 433 g/mol. The van der Waals surface area contributed by atoms with Crippen molar-refractivity contribution in [3.8, 4) is 0 Å². The summed E-state index contributed by atoms with van der Waals surface area (Å²) < 4.78 is 0. The maximum absolute atomic E-state index is 0.